The van der Waals surface area contributed by atoms with Crippen molar-refractivity contribution in [3.8, 4) is 11.5 Å². The quantitative estimate of drug-likeness (QED) is 0.557. The van der Waals surface area contributed by atoms with Gasteiger partial charge in [0.05, 0.1) is 0 Å². The average Bonchev–Trinajstić information content (AvgIpc) is 3.42. The van der Waals surface area contributed by atoms with Crippen molar-refractivity contribution >= 4 is 44.5 Å². The van der Waals surface area contributed by atoms with Gasteiger partial charge in [0.15, 0.2) is 11.5 Å². The molecule has 0 bridgehead atoms. The molecule has 0 spiro atoms. The third kappa shape index (κ3) is 3.94. The fourth-order valence-corrected chi connectivity index (χ4v) is 5.83. The second kappa shape index (κ2) is 8.01. The Balaban J connectivity index is 1.57. The molecule has 1 aliphatic heterocycles. The number of thiophene rings is 1. The predicted molar refractivity (Wildman–Crippen MR) is 116 cm³/mol. The Kier molecular flexibility index (Phi) is 5.56. The summed E-state index contributed by atoms with van der Waals surface area (Å²) < 4.78 is 44.1. The number of sulfonamides is 1. The molecule has 0 aliphatic carbocycles. The summed E-state index contributed by atoms with van der Waals surface area (Å²) in [5.41, 5.74) is 2.46. The summed E-state index contributed by atoms with van der Waals surface area (Å²) in [6.07, 6.45) is 1.17. The minimum Gasteiger partial charge on any atom is -0.454 e. The van der Waals surface area contributed by atoms with E-state index in [0.29, 0.717) is 30.0 Å². The van der Waals surface area contributed by atoms with Crippen molar-refractivity contribution in [2.24, 2.45) is 0 Å². The maximum atomic E-state index is 12.9. The number of halogens is 1. The van der Waals surface area contributed by atoms with Crippen molar-refractivity contribution in [2.75, 3.05) is 30.5 Å². The van der Waals surface area contributed by atoms with Gasteiger partial charge in [-0.1, -0.05) is 16.8 Å². The van der Waals surface area contributed by atoms with Gasteiger partial charge in [-0.25, -0.2) is 13.1 Å². The molecule has 3 heterocycles. The summed E-state index contributed by atoms with van der Waals surface area (Å²) in [6.45, 7) is 1.83. The highest BCUT2D eigenvalue weighted by atomic mass is 35.5. The second-order valence-electron chi connectivity index (χ2n) is 6.95. The number of benzene rings is 1. The van der Waals surface area contributed by atoms with Crippen LogP contribution >= 0.6 is 22.9 Å². The molecule has 3 aromatic rings. The van der Waals surface area contributed by atoms with E-state index in [0.717, 1.165) is 16.1 Å². The molecular formula is C19H20ClN3O5S2. The van der Waals surface area contributed by atoms with E-state index in [1.165, 1.54) is 11.3 Å². The molecule has 0 saturated carbocycles. The molecule has 8 nitrogen and oxygen atoms in total. The van der Waals surface area contributed by atoms with Crippen molar-refractivity contribution in [3.05, 3.63) is 44.7 Å². The number of aromatic nitrogens is 1. The van der Waals surface area contributed by atoms with E-state index >= 15 is 0 Å². The molecule has 160 valence electrons. The van der Waals surface area contributed by atoms with Gasteiger partial charge in [0, 0.05) is 30.7 Å². The fraction of sp³-hybridized carbons (Fsp3) is 0.316. The topological polar surface area (TPSA) is 93.9 Å². The van der Waals surface area contributed by atoms with E-state index in [2.05, 4.69) is 9.88 Å². The van der Waals surface area contributed by atoms with Crippen LogP contribution in [0.4, 0.5) is 11.6 Å². The highest BCUT2D eigenvalue weighted by Crippen LogP contribution is 2.39. The number of rotatable bonds is 7. The van der Waals surface area contributed by atoms with Crippen LogP contribution in [0.25, 0.3) is 0 Å². The van der Waals surface area contributed by atoms with Gasteiger partial charge in [-0.3, -0.25) is 0 Å². The van der Waals surface area contributed by atoms with Gasteiger partial charge < -0.3 is 18.9 Å². The van der Waals surface area contributed by atoms with Crippen molar-refractivity contribution < 1.29 is 22.4 Å². The average molecular weight is 470 g/mol. The zero-order chi connectivity index (χ0) is 21.5. The van der Waals surface area contributed by atoms with E-state index in [1.807, 2.05) is 31.1 Å². The van der Waals surface area contributed by atoms with Gasteiger partial charge >= 0.3 is 0 Å². The molecule has 4 rings (SSSR count). The van der Waals surface area contributed by atoms with Crippen LogP contribution in [0.5, 0.6) is 11.5 Å². The van der Waals surface area contributed by atoms with Gasteiger partial charge in [-0.05, 0) is 42.8 Å². The van der Waals surface area contributed by atoms with Crippen molar-refractivity contribution in [3.63, 3.8) is 0 Å². The Bertz CT molecular complexity index is 1190. The van der Waals surface area contributed by atoms with E-state index in [-0.39, 0.29) is 22.6 Å². The first-order valence-electron chi connectivity index (χ1n) is 9.07. The number of aryl methyl sites for hydroxylation is 3. The molecule has 0 fully saturated rings. The normalized spacial score (nSPS) is 12.9. The van der Waals surface area contributed by atoms with Gasteiger partial charge in [-0.2, -0.15) is 0 Å². The van der Waals surface area contributed by atoms with Crippen LogP contribution in [0, 0.1) is 6.92 Å². The molecule has 0 amide bonds. The number of anilines is 2. The molecule has 1 N–H and O–H groups in total. The lowest BCUT2D eigenvalue weighted by Gasteiger charge is -2.18. The summed E-state index contributed by atoms with van der Waals surface area (Å²) in [5, 5.41) is 5.58. The molecule has 11 heteroatoms. The number of hydrogen-bond acceptors (Lipinski definition) is 8. The molecule has 30 heavy (non-hydrogen) atoms. The largest absolute Gasteiger partial charge is 0.454 e. The molecular weight excluding hydrogens is 450 g/mol. The first-order chi connectivity index (χ1) is 14.3. The van der Waals surface area contributed by atoms with Crippen LogP contribution in [-0.2, 0) is 22.9 Å². The van der Waals surface area contributed by atoms with Crippen molar-refractivity contribution in [1.29, 1.82) is 0 Å². The lowest BCUT2D eigenvalue weighted by molar-refractivity contribution is 0.174. The number of ether oxygens (including phenoxy) is 2. The van der Waals surface area contributed by atoms with Gasteiger partial charge in [0.25, 0.3) is 15.9 Å². The minimum absolute atomic E-state index is 0.0861. The smallest absolute Gasteiger partial charge is 0.265 e. The zero-order valence-corrected chi connectivity index (χ0v) is 18.9. The maximum Gasteiger partial charge on any atom is 0.265 e. The highest BCUT2D eigenvalue weighted by molar-refractivity contribution is 7.93. The number of fused-ring (bicyclic) bond motifs is 1. The summed E-state index contributed by atoms with van der Waals surface area (Å²) in [6, 6.07) is 5.47. The maximum absolute atomic E-state index is 12.9. The van der Waals surface area contributed by atoms with Gasteiger partial charge in [0.1, 0.15) is 15.6 Å². The van der Waals surface area contributed by atoms with Crippen molar-refractivity contribution in [2.45, 2.75) is 24.7 Å². The van der Waals surface area contributed by atoms with Crippen LogP contribution in [0.15, 0.2) is 33.0 Å². The first kappa shape index (κ1) is 20.8. The van der Waals surface area contributed by atoms with Crippen LogP contribution in [0.3, 0.4) is 0 Å². The number of nitrogens with zero attached hydrogens (tertiary/aromatic N) is 2. The lowest BCUT2D eigenvalue weighted by Crippen LogP contribution is -2.14. The Morgan fingerprint density at radius 1 is 1.23 bits per heavy atom. The van der Waals surface area contributed by atoms with Gasteiger partial charge in [0.2, 0.25) is 6.79 Å². The third-order valence-corrected chi connectivity index (χ3v) is 7.66. The summed E-state index contributed by atoms with van der Waals surface area (Å²) in [7, 11) is 0.0439. The zero-order valence-electron chi connectivity index (χ0n) is 16.6. The molecule has 0 radical (unpaired) electrons. The molecule has 2 aromatic heterocycles. The SMILES string of the molecule is Cc1noc(NS(=O)(=O)c2ccsc2CCc2cc3c(cc2N(C)C)OCO3)c1Cl. The van der Waals surface area contributed by atoms with Gasteiger partial charge in [-0.15, -0.1) is 11.3 Å². The summed E-state index contributed by atoms with van der Waals surface area (Å²) in [5.74, 6) is 1.33. The monoisotopic (exact) mass is 469 g/mol. The van der Waals surface area contributed by atoms with Crippen LogP contribution in [0.2, 0.25) is 5.02 Å². The fourth-order valence-electron chi connectivity index (χ4n) is 3.19. The third-order valence-electron chi connectivity index (χ3n) is 4.69. The number of nitrogens with one attached hydrogen (secondary N) is 1. The van der Waals surface area contributed by atoms with Crippen molar-refractivity contribution in [1.82, 2.24) is 5.16 Å². The second-order valence-corrected chi connectivity index (χ2v) is 9.98. The first-order valence-corrected chi connectivity index (χ1v) is 11.8. The number of hydrogen-bond donors (Lipinski definition) is 1. The Hall–Kier alpha value is -2.43. The van der Waals surface area contributed by atoms with E-state index in [9.17, 15) is 8.42 Å². The summed E-state index contributed by atoms with van der Waals surface area (Å²) in [4.78, 5) is 2.93. The molecule has 0 unspecified atom stereocenters. The predicted octanol–water partition coefficient (Wildman–Crippen LogP) is 4.08. The Morgan fingerprint density at radius 2 is 1.97 bits per heavy atom. The van der Waals surface area contributed by atoms with Crippen LogP contribution < -0.4 is 19.1 Å². The standard InChI is InChI=1S/C19H20ClN3O5S2/c1-11-18(20)19(28-21-11)22-30(24,25)17-6-7-29-16(17)5-4-12-8-14-15(27-10-26-14)9-13(12)23(2)3/h6-9,22H,4-5,10H2,1-3H3. The molecule has 0 atom stereocenters. The summed E-state index contributed by atoms with van der Waals surface area (Å²) >= 11 is 7.43. The van der Waals surface area contributed by atoms with E-state index in [4.69, 9.17) is 25.6 Å². The van der Waals surface area contributed by atoms with Crippen LogP contribution in [-0.4, -0.2) is 34.5 Å². The Labute approximate surface area is 183 Å². The lowest BCUT2D eigenvalue weighted by atomic mass is 10.0. The highest BCUT2D eigenvalue weighted by Gasteiger charge is 2.24. The molecule has 0 saturated heterocycles. The molecule has 1 aromatic carbocycles. The minimum atomic E-state index is -3.86. The molecule has 1 aliphatic rings. The van der Waals surface area contributed by atoms with Crippen LogP contribution in [0.1, 0.15) is 16.1 Å². The van der Waals surface area contributed by atoms with E-state index < -0.39 is 10.0 Å². The van der Waals surface area contributed by atoms with E-state index in [1.54, 1.807) is 18.4 Å². The Morgan fingerprint density at radius 3 is 2.63 bits per heavy atom.